The van der Waals surface area contributed by atoms with E-state index in [2.05, 4.69) is 17.0 Å². The predicted octanol–water partition coefficient (Wildman–Crippen LogP) is -1.48. The van der Waals surface area contributed by atoms with Gasteiger partial charge in [-0.3, -0.25) is 0 Å². The molecule has 0 amide bonds. The Balaban J connectivity index is 2.82. The van der Waals surface area contributed by atoms with Crippen molar-refractivity contribution in [3.63, 3.8) is 0 Å². The number of allylic oxidation sites excluding steroid dienone is 1. The van der Waals surface area contributed by atoms with Crippen LogP contribution in [-0.2, 0) is 0 Å². The predicted molar refractivity (Wildman–Crippen MR) is 33.1 cm³/mol. The van der Waals surface area contributed by atoms with E-state index in [-0.39, 0.29) is 21.5 Å². The summed E-state index contributed by atoms with van der Waals surface area (Å²) in [7, 11) is 0. The van der Waals surface area contributed by atoms with Gasteiger partial charge in [0.2, 0.25) is 0 Å². The molecule has 8 heavy (non-hydrogen) atoms. The Bertz CT molecular complexity index is 70.9. The van der Waals surface area contributed by atoms with Crippen molar-refractivity contribution in [1.82, 2.24) is 3.53 Å². The van der Waals surface area contributed by atoms with E-state index in [9.17, 15) is 0 Å². The molecule has 1 N–H and O–H groups in total. The molecule has 0 aliphatic rings. The standard InChI is InChI=1S/C6H13IN/c1-4-5-7-8-6(2)3/h8H,2,4-5H2,1,3H3/q-1. The third-order valence-electron chi connectivity index (χ3n) is 0.512. The molecule has 0 aromatic rings. The summed E-state index contributed by atoms with van der Waals surface area (Å²) in [4.78, 5) is 0. The van der Waals surface area contributed by atoms with Crippen LogP contribution in [0, 0.1) is 0 Å². The number of nitrogens with one attached hydrogen (secondary N) is 1. The fourth-order valence-corrected chi connectivity index (χ4v) is 1.72. The van der Waals surface area contributed by atoms with Gasteiger partial charge in [0.15, 0.2) is 0 Å². The molecule has 0 bridgehead atoms. The molecule has 0 rings (SSSR count). The van der Waals surface area contributed by atoms with Crippen molar-refractivity contribution < 1.29 is 21.5 Å². The summed E-state index contributed by atoms with van der Waals surface area (Å²) < 4.78 is 4.61. The fourth-order valence-electron chi connectivity index (χ4n) is 0.256. The van der Waals surface area contributed by atoms with E-state index in [4.69, 9.17) is 0 Å². The van der Waals surface area contributed by atoms with E-state index in [1.807, 2.05) is 6.92 Å². The summed E-state index contributed by atoms with van der Waals surface area (Å²) in [6, 6.07) is 0. The molecule has 0 spiro atoms. The van der Waals surface area contributed by atoms with Crippen LogP contribution in [0.5, 0.6) is 0 Å². The number of rotatable bonds is 4. The van der Waals surface area contributed by atoms with Gasteiger partial charge in [0.25, 0.3) is 0 Å². The number of hydrogen-bond acceptors (Lipinski definition) is 1. The fraction of sp³-hybridized carbons (Fsp3) is 0.667. The first-order valence-corrected chi connectivity index (χ1v) is 5.37. The minimum atomic E-state index is 0.235. The van der Waals surface area contributed by atoms with E-state index < -0.39 is 0 Å². The van der Waals surface area contributed by atoms with Gasteiger partial charge in [-0.1, -0.05) is 0 Å². The molecule has 1 nitrogen and oxygen atoms in total. The number of halogens is 1. The summed E-state index contributed by atoms with van der Waals surface area (Å²) in [6.07, 6.45) is 1.30. The SMILES string of the molecule is C=C(C)N[I-]CCC. The Morgan fingerprint density at radius 1 is 1.75 bits per heavy atom. The minimum absolute atomic E-state index is 0.235. The normalized spacial score (nSPS) is 9.25. The average molecular weight is 226 g/mol. The maximum absolute atomic E-state index is 3.74. The van der Waals surface area contributed by atoms with Crippen molar-refractivity contribution in [2.24, 2.45) is 0 Å². The van der Waals surface area contributed by atoms with E-state index >= 15 is 0 Å². The van der Waals surface area contributed by atoms with Crippen molar-refractivity contribution in [2.45, 2.75) is 20.3 Å². The third kappa shape index (κ3) is 6.27. The van der Waals surface area contributed by atoms with Crippen LogP contribution in [0.3, 0.4) is 0 Å². The van der Waals surface area contributed by atoms with Crippen molar-refractivity contribution >= 4 is 0 Å². The van der Waals surface area contributed by atoms with Crippen LogP contribution in [0.1, 0.15) is 20.3 Å². The third-order valence-corrected chi connectivity index (χ3v) is 3.43. The van der Waals surface area contributed by atoms with Gasteiger partial charge >= 0.3 is 62.0 Å². The van der Waals surface area contributed by atoms with Gasteiger partial charge in [-0.25, -0.2) is 0 Å². The molecule has 0 heterocycles. The van der Waals surface area contributed by atoms with Gasteiger partial charge in [0.05, 0.1) is 0 Å². The van der Waals surface area contributed by atoms with Gasteiger partial charge < -0.3 is 0 Å². The molecule has 0 unspecified atom stereocenters. The zero-order valence-electron chi connectivity index (χ0n) is 5.50. The van der Waals surface area contributed by atoms with Crippen molar-refractivity contribution in [3.8, 4) is 0 Å². The van der Waals surface area contributed by atoms with Crippen LogP contribution in [0.2, 0.25) is 0 Å². The molecule has 0 aliphatic heterocycles. The molecule has 0 aliphatic carbocycles. The second-order valence-electron chi connectivity index (χ2n) is 1.70. The Kier molecular flexibility index (Phi) is 5.59. The molecule has 50 valence electrons. The summed E-state index contributed by atoms with van der Waals surface area (Å²) in [5.41, 5.74) is 1.12. The van der Waals surface area contributed by atoms with Crippen molar-refractivity contribution in [1.29, 1.82) is 0 Å². The van der Waals surface area contributed by atoms with Gasteiger partial charge in [-0.15, -0.1) is 0 Å². The van der Waals surface area contributed by atoms with Crippen LogP contribution in [0.4, 0.5) is 0 Å². The Labute approximate surface area is 62.2 Å². The first kappa shape index (κ1) is 8.27. The van der Waals surface area contributed by atoms with Crippen molar-refractivity contribution in [3.05, 3.63) is 12.3 Å². The number of hydrogen-bond donors (Lipinski definition) is 1. The monoisotopic (exact) mass is 226 g/mol. The maximum atomic E-state index is 3.74. The summed E-state index contributed by atoms with van der Waals surface area (Å²) in [5, 5.41) is 0. The summed E-state index contributed by atoms with van der Waals surface area (Å²) >= 11 is 0.235. The van der Waals surface area contributed by atoms with Crippen LogP contribution in [0.25, 0.3) is 0 Å². The van der Waals surface area contributed by atoms with E-state index in [1.165, 1.54) is 10.8 Å². The van der Waals surface area contributed by atoms with Gasteiger partial charge in [0.1, 0.15) is 0 Å². The van der Waals surface area contributed by atoms with Gasteiger partial charge in [0, 0.05) is 0 Å². The van der Waals surface area contributed by atoms with Crippen LogP contribution >= 0.6 is 0 Å². The average Bonchev–Trinajstić information content (AvgIpc) is 1.66. The van der Waals surface area contributed by atoms with Gasteiger partial charge in [-0.2, -0.15) is 0 Å². The van der Waals surface area contributed by atoms with Crippen molar-refractivity contribution in [2.75, 3.05) is 4.43 Å². The van der Waals surface area contributed by atoms with E-state index in [1.54, 1.807) is 0 Å². The first-order valence-electron chi connectivity index (χ1n) is 2.77. The molecular formula is C6H13IN-. The van der Waals surface area contributed by atoms with Crippen LogP contribution in [0.15, 0.2) is 12.3 Å². The Morgan fingerprint density at radius 2 is 2.38 bits per heavy atom. The van der Waals surface area contributed by atoms with E-state index in [0.29, 0.717) is 0 Å². The quantitative estimate of drug-likeness (QED) is 0.267. The molecule has 0 aromatic carbocycles. The van der Waals surface area contributed by atoms with Crippen LogP contribution in [-0.4, -0.2) is 4.43 Å². The molecule has 2 heteroatoms. The molecule has 0 saturated carbocycles. The zero-order chi connectivity index (χ0) is 6.41. The van der Waals surface area contributed by atoms with E-state index in [0.717, 1.165) is 5.70 Å². The van der Waals surface area contributed by atoms with Crippen LogP contribution < -0.4 is 25.0 Å². The zero-order valence-corrected chi connectivity index (χ0v) is 7.66. The molecule has 0 aromatic heterocycles. The summed E-state index contributed by atoms with van der Waals surface area (Å²) in [6.45, 7) is 7.96. The summed E-state index contributed by atoms with van der Waals surface area (Å²) in [5.74, 6) is 0. The number of alkyl halides is 1. The van der Waals surface area contributed by atoms with Gasteiger partial charge in [-0.05, 0) is 0 Å². The Morgan fingerprint density at radius 3 is 2.75 bits per heavy atom. The molecule has 0 fully saturated rings. The molecule has 0 atom stereocenters. The topological polar surface area (TPSA) is 12.0 Å². The molecule has 0 radical (unpaired) electrons. The second kappa shape index (κ2) is 5.41. The molecule has 0 saturated heterocycles. The second-order valence-corrected chi connectivity index (χ2v) is 4.08. The first-order chi connectivity index (χ1) is 3.77. The molecular weight excluding hydrogens is 213 g/mol. The Hall–Kier alpha value is 0.270.